The highest BCUT2D eigenvalue weighted by atomic mass is 16.4. The molecule has 0 aromatic heterocycles. The molecule has 0 heterocycles. The number of hydrogen-bond donors (Lipinski definition) is 3. The zero-order chi connectivity index (χ0) is 22.3. The van der Waals surface area contributed by atoms with Crippen molar-refractivity contribution in [3.8, 4) is 0 Å². The lowest BCUT2D eigenvalue weighted by Crippen LogP contribution is -2.22. The average Bonchev–Trinajstić information content (AvgIpc) is 3.13. The normalized spacial score (nSPS) is 26.4. The van der Waals surface area contributed by atoms with Gasteiger partial charge in [-0.25, -0.2) is 0 Å². The first-order valence-electron chi connectivity index (χ1n) is 11.7. The molecular formula is C26H42O4. The van der Waals surface area contributed by atoms with Crippen LogP contribution in [0.3, 0.4) is 0 Å². The number of allylic oxidation sites excluding steroid dienone is 5. The average molecular weight is 419 g/mol. The Morgan fingerprint density at radius 3 is 2.43 bits per heavy atom. The van der Waals surface area contributed by atoms with Gasteiger partial charge in [0.1, 0.15) is 0 Å². The number of carboxylic acid groups (broad SMARTS) is 1. The van der Waals surface area contributed by atoms with E-state index < -0.39 is 12.1 Å². The molecule has 0 spiro atoms. The molecule has 4 nitrogen and oxygen atoms in total. The molecule has 170 valence electrons. The predicted octanol–water partition coefficient (Wildman–Crippen LogP) is 6.57. The molecule has 1 saturated carbocycles. The maximum atomic E-state index is 10.8. The standard InChI is InChI=1S/C26H42O4/c1-18(2)9-7-13-26(3,4)14-8-11-22(27)25-21-16-19(10-5-6-12-24(29)30)15-20(21)17-23(25)28/h9,11,15,20-21,23,25,27-28H,5-8,10,12-14,16-17H2,1-4H3,(H,29,30)/t20-,21-,23+,25-/m1/s1. The fourth-order valence-corrected chi connectivity index (χ4v) is 5.15. The Hall–Kier alpha value is -1.55. The van der Waals surface area contributed by atoms with Gasteiger partial charge >= 0.3 is 5.97 Å². The topological polar surface area (TPSA) is 77.8 Å². The minimum Gasteiger partial charge on any atom is -0.512 e. The molecule has 1 fully saturated rings. The molecule has 2 aliphatic rings. The number of carbonyl (C=O) groups is 1. The van der Waals surface area contributed by atoms with Crippen LogP contribution in [0.1, 0.15) is 91.9 Å². The van der Waals surface area contributed by atoms with E-state index >= 15 is 0 Å². The van der Waals surface area contributed by atoms with Crippen LogP contribution in [-0.2, 0) is 4.79 Å². The summed E-state index contributed by atoms with van der Waals surface area (Å²) in [5, 5.41) is 30.1. The van der Waals surface area contributed by atoms with Crippen LogP contribution in [0.4, 0.5) is 0 Å². The van der Waals surface area contributed by atoms with E-state index in [9.17, 15) is 15.0 Å². The Kier molecular flexibility index (Phi) is 9.21. The Labute approximate surface area is 182 Å². The molecule has 2 rings (SSSR count). The van der Waals surface area contributed by atoms with Gasteiger partial charge in [-0.15, -0.1) is 0 Å². The minimum absolute atomic E-state index is 0.156. The second-order valence-corrected chi connectivity index (χ2v) is 10.4. The fourth-order valence-electron chi connectivity index (χ4n) is 5.15. The number of aliphatic hydroxyl groups is 2. The molecule has 0 radical (unpaired) electrons. The predicted molar refractivity (Wildman–Crippen MR) is 122 cm³/mol. The van der Waals surface area contributed by atoms with E-state index in [2.05, 4.69) is 39.8 Å². The van der Waals surface area contributed by atoms with Crippen LogP contribution in [0.2, 0.25) is 0 Å². The fraction of sp³-hybridized carbons (Fsp3) is 0.731. The van der Waals surface area contributed by atoms with Gasteiger partial charge < -0.3 is 15.3 Å². The van der Waals surface area contributed by atoms with Gasteiger partial charge in [0.25, 0.3) is 0 Å². The number of rotatable bonds is 12. The lowest BCUT2D eigenvalue weighted by Gasteiger charge is -2.24. The van der Waals surface area contributed by atoms with Crippen LogP contribution in [0.25, 0.3) is 0 Å². The molecule has 0 bridgehead atoms. The number of fused-ring (bicyclic) bond motifs is 1. The molecule has 2 aliphatic carbocycles. The van der Waals surface area contributed by atoms with E-state index in [1.165, 1.54) is 11.1 Å². The third-order valence-corrected chi connectivity index (χ3v) is 6.92. The first-order chi connectivity index (χ1) is 14.1. The van der Waals surface area contributed by atoms with Crippen LogP contribution >= 0.6 is 0 Å². The monoisotopic (exact) mass is 418 g/mol. The van der Waals surface area contributed by atoms with Crippen molar-refractivity contribution in [1.29, 1.82) is 0 Å². The number of hydrogen-bond acceptors (Lipinski definition) is 3. The first-order valence-corrected chi connectivity index (χ1v) is 11.7. The Morgan fingerprint density at radius 1 is 1.13 bits per heavy atom. The quantitative estimate of drug-likeness (QED) is 0.190. The molecule has 3 N–H and O–H groups in total. The van der Waals surface area contributed by atoms with Crippen LogP contribution in [-0.4, -0.2) is 27.4 Å². The lowest BCUT2D eigenvalue weighted by atomic mass is 9.82. The van der Waals surface area contributed by atoms with Gasteiger partial charge in [-0.1, -0.05) is 37.1 Å². The van der Waals surface area contributed by atoms with Crippen molar-refractivity contribution < 1.29 is 20.1 Å². The summed E-state index contributed by atoms with van der Waals surface area (Å²) in [7, 11) is 0. The molecule has 4 atom stereocenters. The molecule has 30 heavy (non-hydrogen) atoms. The SMILES string of the molecule is CC(C)=CCCC(C)(C)CCC=C(O)[C@H]1[C@@H]2CC(CCCCC(=O)O)=C[C@@H]2C[C@@H]1O. The van der Waals surface area contributed by atoms with E-state index in [1.54, 1.807) is 0 Å². The third kappa shape index (κ3) is 7.61. The summed E-state index contributed by atoms with van der Waals surface area (Å²) in [5.74, 6) is 0.116. The van der Waals surface area contributed by atoms with Crippen molar-refractivity contribution in [3.05, 3.63) is 35.1 Å². The van der Waals surface area contributed by atoms with E-state index in [0.717, 1.165) is 51.4 Å². The lowest BCUT2D eigenvalue weighted by molar-refractivity contribution is -0.137. The smallest absolute Gasteiger partial charge is 0.303 e. The van der Waals surface area contributed by atoms with Crippen molar-refractivity contribution in [2.75, 3.05) is 0 Å². The zero-order valence-electron chi connectivity index (χ0n) is 19.4. The van der Waals surface area contributed by atoms with Gasteiger partial charge in [-0.3, -0.25) is 4.79 Å². The Balaban J connectivity index is 1.83. The second kappa shape index (κ2) is 11.2. The molecular weight excluding hydrogens is 376 g/mol. The van der Waals surface area contributed by atoms with E-state index in [0.29, 0.717) is 18.1 Å². The van der Waals surface area contributed by atoms with Crippen LogP contribution in [0.15, 0.2) is 35.1 Å². The maximum absolute atomic E-state index is 10.8. The Bertz CT molecular complexity index is 667. The van der Waals surface area contributed by atoms with E-state index in [4.69, 9.17) is 5.11 Å². The van der Waals surface area contributed by atoms with Gasteiger partial charge in [0.2, 0.25) is 0 Å². The maximum Gasteiger partial charge on any atom is 0.303 e. The zero-order valence-corrected chi connectivity index (χ0v) is 19.4. The van der Waals surface area contributed by atoms with Gasteiger partial charge in [-0.05, 0) is 95.0 Å². The molecule has 0 aromatic carbocycles. The summed E-state index contributed by atoms with van der Waals surface area (Å²) < 4.78 is 0. The highest BCUT2D eigenvalue weighted by molar-refractivity contribution is 5.66. The van der Waals surface area contributed by atoms with Gasteiger partial charge in [0, 0.05) is 12.3 Å². The van der Waals surface area contributed by atoms with Crippen LogP contribution in [0, 0.1) is 23.2 Å². The minimum atomic E-state index is -0.731. The summed E-state index contributed by atoms with van der Waals surface area (Å²) in [6.45, 7) is 8.84. The molecule has 0 saturated heterocycles. The van der Waals surface area contributed by atoms with Crippen LogP contribution < -0.4 is 0 Å². The largest absolute Gasteiger partial charge is 0.512 e. The highest BCUT2D eigenvalue weighted by Crippen LogP contribution is 2.49. The third-order valence-electron chi connectivity index (χ3n) is 6.92. The van der Waals surface area contributed by atoms with E-state index in [1.807, 2.05) is 6.08 Å². The number of aliphatic hydroxyl groups excluding tert-OH is 2. The summed E-state index contributed by atoms with van der Waals surface area (Å²) in [4.78, 5) is 10.7. The number of unbranched alkanes of at least 4 members (excludes halogenated alkanes) is 1. The summed E-state index contributed by atoms with van der Waals surface area (Å²) in [6.07, 6.45) is 14.6. The highest BCUT2D eigenvalue weighted by Gasteiger charge is 2.46. The Morgan fingerprint density at radius 2 is 1.80 bits per heavy atom. The summed E-state index contributed by atoms with van der Waals surface area (Å²) >= 11 is 0. The van der Waals surface area contributed by atoms with Crippen molar-refractivity contribution in [3.63, 3.8) is 0 Å². The van der Waals surface area contributed by atoms with E-state index in [-0.39, 0.29) is 23.7 Å². The van der Waals surface area contributed by atoms with Gasteiger partial charge in [0.05, 0.1) is 11.9 Å². The molecule has 0 aromatic rings. The first kappa shape index (κ1) is 24.7. The molecule has 0 aliphatic heterocycles. The van der Waals surface area contributed by atoms with Gasteiger partial charge in [-0.2, -0.15) is 0 Å². The molecule has 0 amide bonds. The summed E-state index contributed by atoms with van der Waals surface area (Å²) in [5.41, 5.74) is 2.97. The van der Waals surface area contributed by atoms with Crippen LogP contribution in [0.5, 0.6) is 0 Å². The van der Waals surface area contributed by atoms with Crippen molar-refractivity contribution in [2.24, 2.45) is 23.2 Å². The molecule has 4 heteroatoms. The van der Waals surface area contributed by atoms with Crippen molar-refractivity contribution in [1.82, 2.24) is 0 Å². The second-order valence-electron chi connectivity index (χ2n) is 10.4. The molecule has 0 unspecified atom stereocenters. The number of carboxylic acids is 1. The summed E-state index contributed by atoms with van der Waals surface area (Å²) in [6, 6.07) is 0. The van der Waals surface area contributed by atoms with Crippen molar-refractivity contribution in [2.45, 2.75) is 98.0 Å². The van der Waals surface area contributed by atoms with Gasteiger partial charge in [0.15, 0.2) is 0 Å². The number of aliphatic carboxylic acids is 1. The van der Waals surface area contributed by atoms with Crippen molar-refractivity contribution >= 4 is 5.97 Å².